The van der Waals surface area contributed by atoms with Crippen LogP contribution in [-0.2, 0) is 39.8 Å². The Kier molecular flexibility index (Phi) is 13.2. The van der Waals surface area contributed by atoms with E-state index in [1.54, 1.807) is 38.1 Å². The second-order valence-corrected chi connectivity index (χ2v) is 14.2. The molecule has 2 atom stereocenters. The summed E-state index contributed by atoms with van der Waals surface area (Å²) in [6.45, 7) is 9.47. The van der Waals surface area contributed by atoms with Gasteiger partial charge in [0.2, 0.25) is 5.91 Å². The van der Waals surface area contributed by atoms with Crippen LogP contribution in [0.25, 0.3) is 17.2 Å². The molecule has 4 rings (SSSR count). The maximum absolute atomic E-state index is 14.3. The van der Waals surface area contributed by atoms with E-state index in [0.29, 0.717) is 17.2 Å². The lowest BCUT2D eigenvalue weighted by Gasteiger charge is -2.27. The van der Waals surface area contributed by atoms with E-state index in [1.807, 2.05) is 39.8 Å². The van der Waals surface area contributed by atoms with E-state index < -0.39 is 47.3 Å². The second-order valence-electron chi connectivity index (χ2n) is 14.2. The Bertz CT molecular complexity index is 1850. The van der Waals surface area contributed by atoms with Gasteiger partial charge in [-0.15, -0.1) is 0 Å². The fourth-order valence-corrected chi connectivity index (χ4v) is 7.13. The van der Waals surface area contributed by atoms with Crippen LogP contribution in [0.4, 0.5) is 22.0 Å². The number of aryl methyl sites for hydroxylation is 3. The summed E-state index contributed by atoms with van der Waals surface area (Å²) in [6.07, 6.45) is -2.25. The number of benzene rings is 2. The molecule has 1 aliphatic carbocycles. The van der Waals surface area contributed by atoms with Crippen LogP contribution in [0.15, 0.2) is 47.4 Å². The van der Waals surface area contributed by atoms with Gasteiger partial charge in [0.1, 0.15) is 6.04 Å². The number of fused-ring (bicyclic) bond motifs is 1. The quantitative estimate of drug-likeness (QED) is 0.133. The molecule has 1 heterocycles. The van der Waals surface area contributed by atoms with E-state index in [1.165, 1.54) is 0 Å². The lowest BCUT2D eigenvalue weighted by atomic mass is 9.86. The van der Waals surface area contributed by atoms with Crippen molar-refractivity contribution < 1.29 is 36.3 Å². The number of aromatic nitrogens is 1. The third kappa shape index (κ3) is 9.96. The third-order valence-electron chi connectivity index (χ3n) is 9.36. The van der Waals surface area contributed by atoms with E-state index in [9.17, 15) is 36.3 Å². The Morgan fingerprint density at radius 3 is 2.29 bits per heavy atom. The zero-order valence-corrected chi connectivity index (χ0v) is 30.8. The highest BCUT2D eigenvalue weighted by atomic mass is 19.4. The van der Waals surface area contributed by atoms with Crippen LogP contribution in [0.2, 0.25) is 0 Å². The number of carbonyl (C=O) groups excluding carboxylic acids is 2. The van der Waals surface area contributed by atoms with Gasteiger partial charge in [0.05, 0.1) is 24.6 Å². The largest absolute Gasteiger partial charge is 0.466 e. The van der Waals surface area contributed by atoms with Gasteiger partial charge in [-0.05, 0) is 129 Å². The molecule has 0 spiro atoms. The SMILES string of the molecule is CCOC(=O)CC(NC(=O)C(CC(C)C)n1cc(CCN(C)C)c(C(F)(F)F)cc1=O)c1cc2c(c(-c3c(C)cc(C=C(F)F)cc3C)c1)CCC2. The lowest BCUT2D eigenvalue weighted by molar-refractivity contribution is -0.144. The van der Waals surface area contributed by atoms with Crippen LogP contribution in [0.5, 0.6) is 0 Å². The average Bonchev–Trinajstić information content (AvgIpc) is 3.50. The number of esters is 1. The Balaban J connectivity index is 1.84. The van der Waals surface area contributed by atoms with Crippen LogP contribution < -0.4 is 10.9 Å². The maximum Gasteiger partial charge on any atom is 0.416 e. The molecular formula is C40H48F5N3O4. The van der Waals surface area contributed by atoms with E-state index in [2.05, 4.69) is 5.32 Å². The molecule has 1 N–H and O–H groups in total. The fraction of sp³-hybridized carbons (Fsp3) is 0.475. The summed E-state index contributed by atoms with van der Waals surface area (Å²) in [4.78, 5) is 42.4. The molecule has 1 aromatic heterocycles. The Labute approximate surface area is 301 Å². The monoisotopic (exact) mass is 729 g/mol. The molecule has 2 unspecified atom stereocenters. The van der Waals surface area contributed by atoms with E-state index in [4.69, 9.17) is 4.74 Å². The van der Waals surface area contributed by atoms with Crippen LogP contribution in [0.1, 0.15) is 96.6 Å². The van der Waals surface area contributed by atoms with Gasteiger partial charge in [-0.3, -0.25) is 14.4 Å². The summed E-state index contributed by atoms with van der Waals surface area (Å²) in [5.41, 5.74) is 4.36. The second kappa shape index (κ2) is 17.0. The lowest BCUT2D eigenvalue weighted by Crippen LogP contribution is -2.40. The molecule has 2 aromatic carbocycles. The molecule has 12 heteroatoms. The first-order chi connectivity index (χ1) is 24.4. The molecule has 1 amide bonds. The number of rotatable bonds is 14. The maximum atomic E-state index is 14.3. The number of carbonyl (C=O) groups is 2. The van der Waals surface area contributed by atoms with Gasteiger partial charge >= 0.3 is 12.1 Å². The van der Waals surface area contributed by atoms with Gasteiger partial charge in [0.15, 0.2) is 0 Å². The first-order valence-corrected chi connectivity index (χ1v) is 17.6. The van der Waals surface area contributed by atoms with Gasteiger partial charge < -0.3 is 19.5 Å². The predicted molar refractivity (Wildman–Crippen MR) is 192 cm³/mol. The van der Waals surface area contributed by atoms with Crippen molar-refractivity contribution in [2.45, 2.75) is 91.4 Å². The van der Waals surface area contributed by atoms with Crippen molar-refractivity contribution in [1.82, 2.24) is 14.8 Å². The first-order valence-electron chi connectivity index (χ1n) is 17.6. The third-order valence-corrected chi connectivity index (χ3v) is 9.36. The Hall–Kier alpha value is -4.32. The summed E-state index contributed by atoms with van der Waals surface area (Å²) in [7, 11) is 3.46. The molecule has 3 aromatic rings. The van der Waals surface area contributed by atoms with Crippen molar-refractivity contribution in [2.24, 2.45) is 5.92 Å². The number of halogens is 5. The number of hydrogen-bond donors (Lipinski definition) is 1. The molecule has 0 radical (unpaired) electrons. The van der Waals surface area contributed by atoms with Crippen molar-refractivity contribution in [3.8, 4) is 11.1 Å². The van der Waals surface area contributed by atoms with Crippen molar-refractivity contribution in [1.29, 1.82) is 0 Å². The van der Waals surface area contributed by atoms with Gasteiger partial charge in [-0.25, -0.2) is 0 Å². The molecule has 1 aliphatic rings. The first kappa shape index (κ1) is 40.5. The van der Waals surface area contributed by atoms with Crippen LogP contribution in [0, 0.1) is 19.8 Å². The van der Waals surface area contributed by atoms with Crippen LogP contribution >= 0.6 is 0 Å². The predicted octanol–water partition coefficient (Wildman–Crippen LogP) is 8.38. The molecular weight excluding hydrogens is 681 g/mol. The van der Waals surface area contributed by atoms with Crippen molar-refractivity contribution in [3.05, 3.63) is 97.5 Å². The highest BCUT2D eigenvalue weighted by Crippen LogP contribution is 2.40. The molecule has 0 saturated heterocycles. The van der Waals surface area contributed by atoms with E-state index in [0.717, 1.165) is 69.5 Å². The zero-order valence-electron chi connectivity index (χ0n) is 30.8. The number of hydrogen-bond acceptors (Lipinski definition) is 5. The van der Waals surface area contributed by atoms with Gasteiger partial charge in [0, 0.05) is 24.9 Å². The molecule has 52 heavy (non-hydrogen) atoms. The standard InChI is InChI=1S/C40H48F5N3O4/c1-8-52-37(50)21-33(29-18-27-10-9-11-30(27)31(19-29)38-24(4)15-26(16-25(38)5)17-35(41)42)46-39(51)34(14-23(2)3)48-22-28(12-13-47(6)7)32(20-36(48)49)40(43,44)45/h15-20,22-23,33-34H,8-14,21H2,1-7H3,(H,46,51). The normalized spacial score (nSPS) is 14.0. The van der Waals surface area contributed by atoms with E-state index in [-0.39, 0.29) is 43.9 Å². The van der Waals surface area contributed by atoms with Crippen molar-refractivity contribution in [2.75, 3.05) is 27.2 Å². The average molecular weight is 730 g/mol. The summed E-state index contributed by atoms with van der Waals surface area (Å²) in [5.74, 6) is -1.31. The van der Waals surface area contributed by atoms with Gasteiger partial charge in [0.25, 0.3) is 11.6 Å². The van der Waals surface area contributed by atoms with Gasteiger partial charge in [-0.2, -0.15) is 22.0 Å². The van der Waals surface area contributed by atoms with Crippen molar-refractivity contribution in [3.63, 3.8) is 0 Å². The Morgan fingerprint density at radius 1 is 1.04 bits per heavy atom. The fourth-order valence-electron chi connectivity index (χ4n) is 7.13. The minimum Gasteiger partial charge on any atom is -0.466 e. The molecule has 0 bridgehead atoms. The number of nitrogens with one attached hydrogen (secondary N) is 1. The van der Waals surface area contributed by atoms with E-state index >= 15 is 0 Å². The summed E-state index contributed by atoms with van der Waals surface area (Å²) in [5, 5.41) is 2.98. The number of amides is 1. The molecule has 0 fully saturated rings. The van der Waals surface area contributed by atoms with Crippen LogP contribution in [-0.4, -0.2) is 48.6 Å². The number of nitrogens with zero attached hydrogens (tertiary/aromatic N) is 2. The highest BCUT2D eigenvalue weighted by molar-refractivity contribution is 5.83. The number of pyridine rings is 1. The summed E-state index contributed by atoms with van der Waals surface area (Å²) >= 11 is 0. The van der Waals surface area contributed by atoms with Gasteiger partial charge in [-0.1, -0.05) is 32.0 Å². The topological polar surface area (TPSA) is 80.6 Å². The van der Waals surface area contributed by atoms with Crippen molar-refractivity contribution >= 4 is 18.0 Å². The summed E-state index contributed by atoms with van der Waals surface area (Å²) < 4.78 is 74.7. The minimum absolute atomic E-state index is 0.000342. The molecule has 282 valence electrons. The zero-order chi connectivity index (χ0) is 38.5. The number of alkyl halides is 3. The molecule has 0 saturated carbocycles. The Morgan fingerprint density at radius 2 is 1.71 bits per heavy atom. The summed E-state index contributed by atoms with van der Waals surface area (Å²) in [6, 6.07) is 5.73. The number of ether oxygens (including phenoxy) is 1. The molecule has 7 nitrogen and oxygen atoms in total. The number of likely N-dealkylation sites (N-methyl/N-ethyl adjacent to an activating group) is 1. The van der Waals surface area contributed by atoms with Crippen LogP contribution in [0.3, 0.4) is 0 Å². The smallest absolute Gasteiger partial charge is 0.416 e. The molecule has 0 aliphatic heterocycles. The highest BCUT2D eigenvalue weighted by Gasteiger charge is 2.36. The minimum atomic E-state index is -4.76.